The molecule has 0 N–H and O–H groups in total. The molecule has 0 aliphatic carbocycles. The molecule has 1 atom stereocenters. The molecule has 3 rings (SSSR count). The molecular formula is C20H32N4O3. The van der Waals surface area contributed by atoms with Crippen molar-refractivity contribution in [3.8, 4) is 0 Å². The van der Waals surface area contributed by atoms with Gasteiger partial charge in [-0.25, -0.2) is 4.79 Å². The number of hydrogen-bond donors (Lipinski definition) is 0. The van der Waals surface area contributed by atoms with E-state index in [0.717, 1.165) is 55.6 Å². The van der Waals surface area contributed by atoms with Crippen molar-refractivity contribution in [3.63, 3.8) is 0 Å². The van der Waals surface area contributed by atoms with Crippen LogP contribution in [0.1, 0.15) is 51.1 Å². The molecule has 1 aromatic rings. The van der Waals surface area contributed by atoms with Gasteiger partial charge in [-0.15, -0.1) is 0 Å². The van der Waals surface area contributed by atoms with Crippen LogP contribution in [0.2, 0.25) is 0 Å². The third-order valence-corrected chi connectivity index (χ3v) is 6.39. The van der Waals surface area contributed by atoms with Gasteiger partial charge in [-0.1, -0.05) is 12.8 Å². The highest BCUT2D eigenvalue weighted by Crippen LogP contribution is 2.30. The van der Waals surface area contributed by atoms with Crippen molar-refractivity contribution in [1.29, 1.82) is 0 Å². The number of likely N-dealkylation sites (tertiary alicyclic amines) is 2. The van der Waals surface area contributed by atoms with Crippen molar-refractivity contribution >= 4 is 5.91 Å². The molecule has 3 heterocycles. The summed E-state index contributed by atoms with van der Waals surface area (Å²) < 4.78 is 2.70. The highest BCUT2D eigenvalue weighted by Gasteiger charge is 2.32. The average Bonchev–Trinajstić information content (AvgIpc) is 2.91. The maximum Gasteiger partial charge on any atom is 0.330 e. The Morgan fingerprint density at radius 1 is 1.00 bits per heavy atom. The predicted octanol–water partition coefficient (Wildman–Crippen LogP) is 1.09. The zero-order chi connectivity index (χ0) is 19.6. The maximum atomic E-state index is 12.1. The Morgan fingerprint density at radius 3 is 2.37 bits per heavy atom. The third kappa shape index (κ3) is 4.34. The number of amides is 1. The minimum absolute atomic E-state index is 0.208. The van der Waals surface area contributed by atoms with Gasteiger partial charge in [-0.2, -0.15) is 0 Å². The van der Waals surface area contributed by atoms with E-state index in [1.165, 1.54) is 19.9 Å². The van der Waals surface area contributed by atoms with E-state index in [1.54, 1.807) is 24.6 Å². The number of nitrogens with zero attached hydrogens (tertiary/aromatic N) is 4. The molecule has 1 amide bonds. The van der Waals surface area contributed by atoms with E-state index in [-0.39, 0.29) is 17.2 Å². The highest BCUT2D eigenvalue weighted by atomic mass is 16.2. The van der Waals surface area contributed by atoms with Gasteiger partial charge in [0.05, 0.1) is 0 Å². The summed E-state index contributed by atoms with van der Waals surface area (Å²) in [5, 5.41) is 0. The lowest BCUT2D eigenvalue weighted by molar-refractivity contribution is -0.132. The number of carbonyl (C=O) groups is 1. The van der Waals surface area contributed by atoms with Crippen LogP contribution < -0.4 is 11.2 Å². The lowest BCUT2D eigenvalue weighted by Crippen LogP contribution is -2.47. The smallest absolute Gasteiger partial charge is 0.330 e. The molecule has 2 saturated heterocycles. The topological polar surface area (TPSA) is 67.6 Å². The number of hydrogen-bond acceptors (Lipinski definition) is 4. The third-order valence-electron chi connectivity index (χ3n) is 6.39. The molecule has 2 fully saturated rings. The van der Waals surface area contributed by atoms with Crippen LogP contribution in [-0.4, -0.2) is 50.5 Å². The fourth-order valence-corrected chi connectivity index (χ4v) is 4.67. The van der Waals surface area contributed by atoms with Crippen molar-refractivity contribution in [2.45, 2.75) is 58.0 Å². The van der Waals surface area contributed by atoms with Crippen molar-refractivity contribution in [1.82, 2.24) is 18.9 Å². The predicted molar refractivity (Wildman–Crippen MR) is 105 cm³/mol. The van der Waals surface area contributed by atoms with E-state index in [9.17, 15) is 14.4 Å². The summed E-state index contributed by atoms with van der Waals surface area (Å²) >= 11 is 0. The second-order valence-electron chi connectivity index (χ2n) is 8.12. The lowest BCUT2D eigenvalue weighted by Gasteiger charge is -2.40. The minimum atomic E-state index is -0.275. The first-order valence-electron chi connectivity index (χ1n) is 10.1. The summed E-state index contributed by atoms with van der Waals surface area (Å²) in [6.45, 7) is 5.10. The van der Waals surface area contributed by atoms with Crippen molar-refractivity contribution in [2.75, 3.05) is 19.6 Å². The van der Waals surface area contributed by atoms with Crippen LogP contribution in [0.15, 0.2) is 15.7 Å². The van der Waals surface area contributed by atoms with Gasteiger partial charge in [-0.05, 0) is 44.7 Å². The zero-order valence-corrected chi connectivity index (χ0v) is 16.8. The molecule has 7 heteroatoms. The van der Waals surface area contributed by atoms with Crippen LogP contribution in [0.4, 0.5) is 0 Å². The summed E-state index contributed by atoms with van der Waals surface area (Å²) in [7, 11) is 3.23. The van der Waals surface area contributed by atoms with Gasteiger partial charge in [0.2, 0.25) is 5.91 Å². The fourth-order valence-electron chi connectivity index (χ4n) is 4.67. The molecule has 0 spiro atoms. The summed E-state index contributed by atoms with van der Waals surface area (Å²) in [6, 6.07) is 1.94. The van der Waals surface area contributed by atoms with Gasteiger partial charge < -0.3 is 4.90 Å². The van der Waals surface area contributed by atoms with Gasteiger partial charge in [0.25, 0.3) is 5.56 Å². The Bertz CT molecular complexity index is 789. The Balaban J connectivity index is 1.64. The van der Waals surface area contributed by atoms with Gasteiger partial charge in [0.1, 0.15) is 0 Å². The molecule has 0 unspecified atom stereocenters. The highest BCUT2D eigenvalue weighted by molar-refractivity contribution is 5.73. The van der Waals surface area contributed by atoms with E-state index in [1.807, 2.05) is 0 Å². The van der Waals surface area contributed by atoms with Crippen molar-refractivity contribution in [2.24, 2.45) is 20.0 Å². The summed E-state index contributed by atoms with van der Waals surface area (Å²) in [4.78, 5) is 40.6. The quantitative estimate of drug-likeness (QED) is 0.792. The minimum Gasteiger partial charge on any atom is -0.340 e. The molecule has 1 aromatic heterocycles. The molecule has 2 aliphatic heterocycles. The molecule has 7 nitrogen and oxygen atoms in total. The van der Waals surface area contributed by atoms with Crippen LogP contribution in [0, 0.1) is 5.92 Å². The van der Waals surface area contributed by atoms with Crippen LogP contribution in [0.25, 0.3) is 0 Å². The van der Waals surface area contributed by atoms with E-state index in [0.29, 0.717) is 18.5 Å². The number of carbonyl (C=O) groups excluding carboxylic acids is 1. The van der Waals surface area contributed by atoms with E-state index in [4.69, 9.17) is 0 Å². The van der Waals surface area contributed by atoms with E-state index in [2.05, 4.69) is 9.80 Å². The summed E-state index contributed by atoms with van der Waals surface area (Å²) in [5.41, 5.74) is 0.239. The Hall–Kier alpha value is -1.89. The molecule has 150 valence electrons. The van der Waals surface area contributed by atoms with Gasteiger partial charge in [0, 0.05) is 51.9 Å². The Labute approximate surface area is 160 Å². The lowest BCUT2D eigenvalue weighted by atomic mass is 9.86. The van der Waals surface area contributed by atoms with E-state index < -0.39 is 0 Å². The molecular weight excluding hydrogens is 344 g/mol. The molecule has 0 radical (unpaired) electrons. The monoisotopic (exact) mass is 376 g/mol. The first-order chi connectivity index (χ1) is 12.9. The van der Waals surface area contributed by atoms with Gasteiger partial charge in [-0.3, -0.25) is 23.6 Å². The molecule has 27 heavy (non-hydrogen) atoms. The van der Waals surface area contributed by atoms with Gasteiger partial charge in [0.15, 0.2) is 0 Å². The standard InChI is InChI=1S/C20H32N4O3/c1-15(25)24-10-6-4-5-7-18(24)16-8-11-23(12-9-16)14-17-13-19(26)22(3)20(27)21(17)2/h13,16,18H,4-12,14H2,1-3H3/t18-/m1/s1. The Kier molecular flexibility index (Phi) is 6.19. The molecule has 0 bridgehead atoms. The number of piperidine rings is 1. The van der Waals surface area contributed by atoms with Crippen LogP contribution >= 0.6 is 0 Å². The molecule has 0 aromatic carbocycles. The number of aromatic nitrogens is 2. The zero-order valence-electron chi connectivity index (χ0n) is 16.8. The first kappa shape index (κ1) is 19.9. The second kappa shape index (κ2) is 8.42. The van der Waals surface area contributed by atoms with Crippen LogP contribution in [0.3, 0.4) is 0 Å². The largest absolute Gasteiger partial charge is 0.340 e. The van der Waals surface area contributed by atoms with Crippen molar-refractivity contribution < 1.29 is 4.79 Å². The molecule has 2 aliphatic rings. The van der Waals surface area contributed by atoms with Crippen molar-refractivity contribution in [3.05, 3.63) is 32.6 Å². The van der Waals surface area contributed by atoms with Gasteiger partial charge >= 0.3 is 5.69 Å². The normalized spacial score (nSPS) is 22.6. The van der Waals surface area contributed by atoms with Crippen LogP contribution in [0.5, 0.6) is 0 Å². The first-order valence-corrected chi connectivity index (χ1v) is 10.1. The fraction of sp³-hybridized carbons (Fsp3) is 0.750. The summed E-state index contributed by atoms with van der Waals surface area (Å²) in [5.74, 6) is 0.759. The summed E-state index contributed by atoms with van der Waals surface area (Å²) in [6.07, 6.45) is 6.79. The maximum absolute atomic E-state index is 12.1. The van der Waals surface area contributed by atoms with Crippen LogP contribution in [-0.2, 0) is 25.4 Å². The Morgan fingerprint density at radius 2 is 1.70 bits per heavy atom. The average molecular weight is 377 g/mol. The molecule has 0 saturated carbocycles. The second-order valence-corrected chi connectivity index (χ2v) is 8.12. The van der Waals surface area contributed by atoms with E-state index >= 15 is 0 Å². The SMILES string of the molecule is CC(=O)N1CCCCC[C@@H]1C1CCN(Cc2cc(=O)n(C)c(=O)n2C)CC1. The number of rotatable bonds is 3.